The molecule has 10 heteroatoms. The van der Waals surface area contributed by atoms with Gasteiger partial charge in [-0.3, -0.25) is 4.21 Å². The Labute approximate surface area is 130 Å². The molecule has 0 aliphatic rings. The Morgan fingerprint density at radius 2 is 1.78 bits per heavy atom. The monoisotopic (exact) mass is 359 g/mol. The maximum absolute atomic E-state index is 13.2. The van der Waals surface area contributed by atoms with Gasteiger partial charge in [-0.2, -0.15) is 17.6 Å². The maximum atomic E-state index is 13.2. The zero-order valence-corrected chi connectivity index (χ0v) is 12.4. The second kappa shape index (κ2) is 7.82. The van der Waals surface area contributed by atoms with Crippen molar-refractivity contribution >= 4 is 17.0 Å². The number of halogens is 5. The fourth-order valence-corrected chi connectivity index (χ4v) is 1.93. The second-order valence-electron chi connectivity index (χ2n) is 4.53. The summed E-state index contributed by atoms with van der Waals surface area (Å²) in [6, 6.07) is 4.94. The van der Waals surface area contributed by atoms with Crippen LogP contribution in [-0.4, -0.2) is 32.5 Å². The van der Waals surface area contributed by atoms with Crippen LogP contribution in [0.4, 0.5) is 22.0 Å². The number of alkyl halides is 4. The highest BCUT2D eigenvalue weighted by Crippen LogP contribution is 2.39. The number of carbonyl (C=O) groups is 1. The molecule has 0 aromatic heterocycles. The standard InChI is InChI=1S/C13H13F5O4S/c14-10-6-2-1-5-9(10)11(19)22-8-4-3-7-12(15,16)13(17,18)23(20)21/h1-2,5-6H,3-4,7-8H2,(H,20,21)/p-1. The molecule has 0 aliphatic carbocycles. The molecule has 0 saturated heterocycles. The Balaban J connectivity index is 2.40. The summed E-state index contributed by atoms with van der Waals surface area (Å²) in [5, 5.41) is -5.17. The molecular formula is C13H12F5O4S-. The summed E-state index contributed by atoms with van der Waals surface area (Å²) < 4.78 is 89.6. The van der Waals surface area contributed by atoms with Crippen molar-refractivity contribution in [3.8, 4) is 0 Å². The molecule has 0 N–H and O–H groups in total. The summed E-state index contributed by atoms with van der Waals surface area (Å²) in [6.45, 7) is -0.394. The van der Waals surface area contributed by atoms with Gasteiger partial charge in [0, 0.05) is 17.5 Å². The summed E-state index contributed by atoms with van der Waals surface area (Å²) >= 11 is -4.25. The average Bonchev–Trinajstić information content (AvgIpc) is 2.46. The van der Waals surface area contributed by atoms with E-state index >= 15 is 0 Å². The molecule has 0 bridgehead atoms. The van der Waals surface area contributed by atoms with E-state index in [0.717, 1.165) is 12.1 Å². The third kappa shape index (κ3) is 4.96. The quantitative estimate of drug-likeness (QED) is 0.309. The molecule has 0 heterocycles. The molecule has 1 aromatic carbocycles. The van der Waals surface area contributed by atoms with Gasteiger partial charge in [0.2, 0.25) is 0 Å². The molecule has 1 atom stereocenters. The van der Waals surface area contributed by atoms with Crippen molar-refractivity contribution in [1.29, 1.82) is 0 Å². The number of hydrogen-bond donors (Lipinski definition) is 0. The molecular weight excluding hydrogens is 347 g/mol. The van der Waals surface area contributed by atoms with Crippen molar-refractivity contribution in [2.45, 2.75) is 30.4 Å². The average molecular weight is 359 g/mol. The van der Waals surface area contributed by atoms with Crippen molar-refractivity contribution in [3.05, 3.63) is 35.6 Å². The van der Waals surface area contributed by atoms with Gasteiger partial charge in [-0.1, -0.05) is 12.1 Å². The highest BCUT2D eigenvalue weighted by Gasteiger charge is 2.56. The van der Waals surface area contributed by atoms with Crippen LogP contribution in [0, 0.1) is 5.82 Å². The number of benzene rings is 1. The van der Waals surface area contributed by atoms with Gasteiger partial charge in [0.05, 0.1) is 12.2 Å². The van der Waals surface area contributed by atoms with Crippen LogP contribution in [0.25, 0.3) is 0 Å². The minimum Gasteiger partial charge on any atom is -0.768 e. The minimum atomic E-state index is -5.17. The van der Waals surface area contributed by atoms with E-state index in [4.69, 9.17) is 0 Å². The molecule has 4 nitrogen and oxygen atoms in total. The molecule has 23 heavy (non-hydrogen) atoms. The van der Waals surface area contributed by atoms with Crippen LogP contribution in [-0.2, 0) is 15.8 Å². The molecule has 0 saturated carbocycles. The number of hydrogen-bond acceptors (Lipinski definition) is 4. The first kappa shape index (κ1) is 19.5. The van der Waals surface area contributed by atoms with E-state index in [1.165, 1.54) is 12.1 Å². The van der Waals surface area contributed by atoms with Crippen LogP contribution in [0.1, 0.15) is 29.6 Å². The number of esters is 1. The summed E-state index contributed by atoms with van der Waals surface area (Å²) in [7, 11) is 0. The van der Waals surface area contributed by atoms with Gasteiger partial charge < -0.3 is 9.29 Å². The molecule has 1 rings (SSSR count). The molecule has 0 radical (unpaired) electrons. The first-order valence-electron chi connectivity index (χ1n) is 6.36. The van der Waals surface area contributed by atoms with Crippen molar-refractivity contribution in [1.82, 2.24) is 0 Å². The number of rotatable bonds is 8. The van der Waals surface area contributed by atoms with Gasteiger partial charge in [0.15, 0.2) is 0 Å². The summed E-state index contributed by atoms with van der Waals surface area (Å²) in [5.41, 5.74) is -0.342. The van der Waals surface area contributed by atoms with Crippen LogP contribution >= 0.6 is 0 Å². The zero-order chi connectivity index (χ0) is 17.7. The van der Waals surface area contributed by atoms with Crippen molar-refractivity contribution in [3.63, 3.8) is 0 Å². The van der Waals surface area contributed by atoms with Gasteiger partial charge in [0.1, 0.15) is 5.82 Å². The van der Waals surface area contributed by atoms with Crippen LogP contribution in [0.3, 0.4) is 0 Å². The minimum absolute atomic E-state index is 0.211. The van der Waals surface area contributed by atoms with E-state index in [0.29, 0.717) is 0 Å². The molecule has 0 amide bonds. The Morgan fingerprint density at radius 3 is 2.35 bits per heavy atom. The SMILES string of the molecule is O=C(OCCCCC(F)(F)C(F)(F)S(=O)[O-])c1ccccc1F. The van der Waals surface area contributed by atoms with Crippen molar-refractivity contribution in [2.75, 3.05) is 6.61 Å². The van der Waals surface area contributed by atoms with Crippen molar-refractivity contribution < 1.29 is 40.2 Å². The van der Waals surface area contributed by atoms with E-state index in [2.05, 4.69) is 4.74 Å². The summed E-state index contributed by atoms with van der Waals surface area (Å²) in [4.78, 5) is 11.5. The molecule has 1 aromatic rings. The number of carbonyl (C=O) groups excluding carboxylic acids is 1. The highest BCUT2D eigenvalue weighted by molar-refractivity contribution is 7.80. The topological polar surface area (TPSA) is 66.4 Å². The maximum Gasteiger partial charge on any atom is 0.371 e. The second-order valence-corrected chi connectivity index (χ2v) is 5.51. The molecule has 0 fully saturated rings. The van der Waals surface area contributed by atoms with Crippen LogP contribution < -0.4 is 0 Å². The van der Waals surface area contributed by atoms with Crippen LogP contribution in [0.2, 0.25) is 0 Å². The van der Waals surface area contributed by atoms with Gasteiger partial charge in [0.25, 0.3) is 0 Å². The van der Waals surface area contributed by atoms with E-state index in [9.17, 15) is 35.5 Å². The van der Waals surface area contributed by atoms with E-state index < -0.39 is 53.5 Å². The lowest BCUT2D eigenvalue weighted by Crippen LogP contribution is -2.43. The van der Waals surface area contributed by atoms with Crippen LogP contribution in [0.15, 0.2) is 24.3 Å². The Morgan fingerprint density at radius 1 is 1.17 bits per heavy atom. The molecule has 130 valence electrons. The molecule has 1 unspecified atom stereocenters. The van der Waals surface area contributed by atoms with Gasteiger partial charge >= 0.3 is 17.1 Å². The largest absolute Gasteiger partial charge is 0.768 e. The van der Waals surface area contributed by atoms with Gasteiger partial charge in [-0.05, 0) is 25.0 Å². The summed E-state index contributed by atoms with van der Waals surface area (Å²) in [5.74, 6) is -6.56. The third-order valence-corrected chi connectivity index (χ3v) is 3.56. The Hall–Kier alpha value is -1.55. The molecule has 0 spiro atoms. The van der Waals surface area contributed by atoms with E-state index in [1.807, 2.05) is 0 Å². The first-order valence-corrected chi connectivity index (χ1v) is 7.44. The number of unbranched alkanes of at least 4 members (excludes halogenated alkanes) is 1. The zero-order valence-electron chi connectivity index (χ0n) is 11.6. The van der Waals surface area contributed by atoms with E-state index in [-0.39, 0.29) is 12.0 Å². The highest BCUT2D eigenvalue weighted by atomic mass is 32.2. The van der Waals surface area contributed by atoms with Crippen molar-refractivity contribution in [2.24, 2.45) is 0 Å². The smallest absolute Gasteiger partial charge is 0.371 e. The Kier molecular flexibility index (Phi) is 6.63. The predicted molar refractivity (Wildman–Crippen MR) is 69.3 cm³/mol. The number of ether oxygens (including phenoxy) is 1. The van der Waals surface area contributed by atoms with Crippen LogP contribution in [0.5, 0.6) is 0 Å². The fraction of sp³-hybridized carbons (Fsp3) is 0.462. The summed E-state index contributed by atoms with van der Waals surface area (Å²) in [6.07, 6.45) is -2.12. The lowest BCUT2D eigenvalue weighted by molar-refractivity contribution is -0.162. The van der Waals surface area contributed by atoms with E-state index in [1.54, 1.807) is 0 Å². The van der Waals surface area contributed by atoms with Gasteiger partial charge in [-0.15, -0.1) is 0 Å². The first-order chi connectivity index (χ1) is 10.6. The lowest BCUT2D eigenvalue weighted by atomic mass is 10.1. The Bertz CT molecular complexity index is 579. The third-order valence-electron chi connectivity index (χ3n) is 2.85. The fourth-order valence-electron chi connectivity index (χ4n) is 1.59. The normalized spacial score (nSPS) is 13.7. The van der Waals surface area contributed by atoms with Gasteiger partial charge in [-0.25, -0.2) is 9.18 Å². The molecule has 0 aliphatic heterocycles. The predicted octanol–water partition coefficient (Wildman–Crippen LogP) is 3.26. The lowest BCUT2D eigenvalue weighted by Gasteiger charge is -2.27.